The molecule has 0 aliphatic carbocycles. The Morgan fingerprint density at radius 3 is 2.37 bits per heavy atom. The molecule has 0 spiro atoms. The van der Waals surface area contributed by atoms with E-state index in [1.165, 1.54) is 4.90 Å². The second kappa shape index (κ2) is 8.53. The zero-order valence-corrected chi connectivity index (χ0v) is 17.6. The highest BCUT2D eigenvalue weighted by Crippen LogP contribution is 2.38. The average Bonchev–Trinajstić information content (AvgIpc) is 3.11. The van der Waals surface area contributed by atoms with Gasteiger partial charge in [0.2, 0.25) is 0 Å². The number of hydrogen-bond donors (Lipinski definition) is 1. The number of nitrogens with zero attached hydrogens (tertiary/aromatic N) is 3. The van der Waals surface area contributed by atoms with E-state index in [0.717, 1.165) is 44.1 Å². The second-order valence-corrected chi connectivity index (χ2v) is 7.63. The van der Waals surface area contributed by atoms with Crippen LogP contribution in [0.25, 0.3) is 0 Å². The molecule has 3 amide bonds. The molecule has 0 aromatic heterocycles. The number of nitrogens with one attached hydrogen (secondary N) is 1. The van der Waals surface area contributed by atoms with Crippen LogP contribution in [0.15, 0.2) is 29.5 Å². The minimum atomic E-state index is -0.548. The van der Waals surface area contributed by atoms with Gasteiger partial charge in [0, 0.05) is 39.3 Å². The van der Waals surface area contributed by atoms with Crippen LogP contribution in [-0.4, -0.2) is 93.8 Å². The first kappa shape index (κ1) is 20.5. The summed E-state index contributed by atoms with van der Waals surface area (Å²) in [5, 5.41) is 2.96. The summed E-state index contributed by atoms with van der Waals surface area (Å²) in [6.45, 7) is 5.04. The zero-order valence-electron chi connectivity index (χ0n) is 17.6. The van der Waals surface area contributed by atoms with Crippen molar-refractivity contribution in [3.05, 3.63) is 35.0 Å². The Balaban J connectivity index is 1.59. The van der Waals surface area contributed by atoms with Gasteiger partial charge in [0.25, 0.3) is 5.91 Å². The number of amides is 3. The van der Waals surface area contributed by atoms with Crippen molar-refractivity contribution >= 4 is 11.9 Å². The van der Waals surface area contributed by atoms with Crippen LogP contribution in [0.1, 0.15) is 11.6 Å². The lowest BCUT2D eigenvalue weighted by molar-refractivity contribution is -0.126. The van der Waals surface area contributed by atoms with Crippen LogP contribution in [0.5, 0.6) is 11.5 Å². The highest BCUT2D eigenvalue weighted by molar-refractivity contribution is 6.01. The van der Waals surface area contributed by atoms with Crippen LogP contribution >= 0.6 is 0 Å². The Kier molecular flexibility index (Phi) is 5.83. The Morgan fingerprint density at radius 1 is 1.07 bits per heavy atom. The maximum Gasteiger partial charge on any atom is 0.322 e. The van der Waals surface area contributed by atoms with E-state index in [0.29, 0.717) is 30.2 Å². The van der Waals surface area contributed by atoms with Crippen LogP contribution in [0.4, 0.5) is 4.79 Å². The minimum Gasteiger partial charge on any atom is -0.497 e. The minimum absolute atomic E-state index is 0.0445. The molecule has 0 radical (unpaired) electrons. The monoisotopic (exact) mass is 416 g/mol. The third-order valence-corrected chi connectivity index (χ3v) is 5.93. The van der Waals surface area contributed by atoms with E-state index in [-0.39, 0.29) is 11.9 Å². The lowest BCUT2D eigenvalue weighted by atomic mass is 9.95. The SMILES string of the molecule is COc1cc(OC)cc(C2NC(=O)N(C)C3=C2C(=O)N(CCN2CCOCC2)C3)c1. The van der Waals surface area contributed by atoms with E-state index in [9.17, 15) is 9.59 Å². The summed E-state index contributed by atoms with van der Waals surface area (Å²) in [5.74, 6) is 1.17. The summed E-state index contributed by atoms with van der Waals surface area (Å²) in [7, 11) is 4.85. The molecule has 0 bridgehead atoms. The summed E-state index contributed by atoms with van der Waals surface area (Å²) in [4.78, 5) is 31.6. The average molecular weight is 416 g/mol. The van der Waals surface area contributed by atoms with Crippen LogP contribution in [-0.2, 0) is 9.53 Å². The first-order valence-electron chi connectivity index (χ1n) is 10.1. The fraction of sp³-hybridized carbons (Fsp3) is 0.524. The number of benzene rings is 1. The van der Waals surface area contributed by atoms with Crippen molar-refractivity contribution in [2.75, 3.05) is 67.2 Å². The van der Waals surface area contributed by atoms with E-state index in [2.05, 4.69) is 10.2 Å². The van der Waals surface area contributed by atoms with Gasteiger partial charge in [0.15, 0.2) is 0 Å². The van der Waals surface area contributed by atoms with Crippen LogP contribution < -0.4 is 14.8 Å². The maximum atomic E-state index is 13.3. The molecule has 9 nitrogen and oxygen atoms in total. The van der Waals surface area contributed by atoms with Crippen LogP contribution in [0.3, 0.4) is 0 Å². The molecule has 1 N–H and O–H groups in total. The predicted octanol–water partition coefficient (Wildman–Crippen LogP) is 0.828. The topological polar surface area (TPSA) is 83.6 Å². The summed E-state index contributed by atoms with van der Waals surface area (Å²) < 4.78 is 16.1. The quantitative estimate of drug-likeness (QED) is 0.740. The van der Waals surface area contributed by atoms with Crippen molar-refractivity contribution in [1.82, 2.24) is 20.0 Å². The number of morpholine rings is 1. The molecule has 1 aromatic carbocycles. The number of ether oxygens (including phenoxy) is 3. The molecule has 4 rings (SSSR count). The van der Waals surface area contributed by atoms with E-state index >= 15 is 0 Å². The molecular weight excluding hydrogens is 388 g/mol. The third kappa shape index (κ3) is 3.82. The highest BCUT2D eigenvalue weighted by Gasteiger charge is 2.43. The molecule has 9 heteroatoms. The van der Waals surface area contributed by atoms with E-state index in [1.54, 1.807) is 27.3 Å². The van der Waals surface area contributed by atoms with Gasteiger partial charge in [0.05, 0.1) is 51.3 Å². The molecule has 1 saturated heterocycles. The molecule has 1 aromatic rings. The number of urea groups is 1. The highest BCUT2D eigenvalue weighted by atomic mass is 16.5. The van der Waals surface area contributed by atoms with Gasteiger partial charge in [-0.05, 0) is 17.7 Å². The number of hydrogen-bond acceptors (Lipinski definition) is 6. The second-order valence-electron chi connectivity index (χ2n) is 7.63. The van der Waals surface area contributed by atoms with Crippen molar-refractivity contribution in [3.8, 4) is 11.5 Å². The number of likely N-dealkylation sites (N-methyl/N-ethyl adjacent to an activating group) is 1. The van der Waals surface area contributed by atoms with E-state index in [4.69, 9.17) is 14.2 Å². The molecule has 3 aliphatic heterocycles. The van der Waals surface area contributed by atoms with Crippen LogP contribution in [0, 0.1) is 0 Å². The molecule has 0 saturated carbocycles. The largest absolute Gasteiger partial charge is 0.497 e. The van der Waals surface area contributed by atoms with Gasteiger partial charge in [0.1, 0.15) is 11.5 Å². The van der Waals surface area contributed by atoms with Gasteiger partial charge in [-0.2, -0.15) is 0 Å². The molecule has 1 atom stereocenters. The van der Waals surface area contributed by atoms with Crippen molar-refractivity contribution in [2.24, 2.45) is 0 Å². The molecule has 1 unspecified atom stereocenters. The van der Waals surface area contributed by atoms with Gasteiger partial charge in [-0.3, -0.25) is 14.6 Å². The predicted molar refractivity (Wildman–Crippen MR) is 109 cm³/mol. The Hall–Kier alpha value is -2.78. The smallest absolute Gasteiger partial charge is 0.322 e. The number of carbonyl (C=O) groups is 2. The van der Waals surface area contributed by atoms with E-state index < -0.39 is 6.04 Å². The lowest BCUT2D eigenvalue weighted by Gasteiger charge is -2.31. The Bertz CT molecular complexity index is 843. The Morgan fingerprint density at radius 2 is 1.73 bits per heavy atom. The fourth-order valence-corrected chi connectivity index (χ4v) is 4.14. The first-order valence-corrected chi connectivity index (χ1v) is 10.1. The van der Waals surface area contributed by atoms with Gasteiger partial charge < -0.3 is 24.4 Å². The number of rotatable bonds is 6. The van der Waals surface area contributed by atoms with Gasteiger partial charge in [-0.1, -0.05) is 0 Å². The summed E-state index contributed by atoms with van der Waals surface area (Å²) >= 11 is 0. The maximum absolute atomic E-state index is 13.3. The van der Waals surface area contributed by atoms with Crippen molar-refractivity contribution < 1.29 is 23.8 Å². The summed E-state index contributed by atoms with van der Waals surface area (Å²) in [6.07, 6.45) is 0. The summed E-state index contributed by atoms with van der Waals surface area (Å²) in [6, 6.07) is 4.64. The molecule has 3 aliphatic rings. The standard InChI is InChI=1S/C21H28N4O5/c1-23-17-13-25(5-4-24-6-8-30-9-7-24)20(26)18(17)19(22-21(23)27)14-10-15(28-2)12-16(11-14)29-3/h10-12,19H,4-9,13H2,1-3H3,(H,22,27). The molecule has 30 heavy (non-hydrogen) atoms. The lowest BCUT2D eigenvalue weighted by Crippen LogP contribution is -2.45. The van der Waals surface area contributed by atoms with Crippen molar-refractivity contribution in [1.29, 1.82) is 0 Å². The zero-order chi connectivity index (χ0) is 21.3. The van der Waals surface area contributed by atoms with E-state index in [1.807, 2.05) is 17.0 Å². The van der Waals surface area contributed by atoms with Crippen molar-refractivity contribution in [2.45, 2.75) is 6.04 Å². The third-order valence-electron chi connectivity index (χ3n) is 5.93. The molecular formula is C21H28N4O5. The molecule has 1 fully saturated rings. The van der Waals surface area contributed by atoms with Gasteiger partial charge in [-0.25, -0.2) is 4.79 Å². The van der Waals surface area contributed by atoms with Gasteiger partial charge >= 0.3 is 6.03 Å². The number of methoxy groups -OCH3 is 2. The van der Waals surface area contributed by atoms with Crippen LogP contribution in [0.2, 0.25) is 0 Å². The normalized spacial score (nSPS) is 22.3. The molecule has 3 heterocycles. The molecule has 162 valence electrons. The Labute approximate surface area is 176 Å². The fourth-order valence-electron chi connectivity index (χ4n) is 4.14. The first-order chi connectivity index (χ1) is 14.5. The number of carbonyl (C=O) groups excluding carboxylic acids is 2. The summed E-state index contributed by atoms with van der Waals surface area (Å²) in [5.41, 5.74) is 2.11. The van der Waals surface area contributed by atoms with Gasteiger partial charge in [-0.15, -0.1) is 0 Å². The van der Waals surface area contributed by atoms with Crippen molar-refractivity contribution in [3.63, 3.8) is 0 Å².